The summed E-state index contributed by atoms with van der Waals surface area (Å²) in [6.07, 6.45) is 0. The van der Waals surface area contributed by atoms with Crippen molar-refractivity contribution in [3.63, 3.8) is 0 Å². The molecule has 0 bridgehead atoms. The first-order valence-electron chi connectivity index (χ1n) is 5.82. The van der Waals surface area contributed by atoms with Gasteiger partial charge < -0.3 is 15.3 Å². The monoisotopic (exact) mass is 260 g/mol. The van der Waals surface area contributed by atoms with Crippen molar-refractivity contribution in [2.24, 2.45) is 5.92 Å². The van der Waals surface area contributed by atoms with E-state index in [-0.39, 0.29) is 18.6 Å². The van der Waals surface area contributed by atoms with Crippen LogP contribution in [0, 0.1) is 5.92 Å². The molecular formula is C11H20N2O3S. The van der Waals surface area contributed by atoms with Gasteiger partial charge in [-0.05, 0) is 6.92 Å². The van der Waals surface area contributed by atoms with E-state index in [2.05, 4.69) is 12.2 Å². The van der Waals surface area contributed by atoms with Crippen LogP contribution in [0.4, 0.5) is 4.79 Å². The van der Waals surface area contributed by atoms with Crippen molar-refractivity contribution in [1.82, 2.24) is 10.2 Å². The standard InChI is InChI=1S/C11H20N2O3S/c1-7(10(14)15)6-12-11(16)13-4-5-17-9(3)8(13)2/h7-9H,4-6H2,1-3H3,(H,12,16)(H,14,15). The van der Waals surface area contributed by atoms with Gasteiger partial charge in [0.25, 0.3) is 0 Å². The van der Waals surface area contributed by atoms with Gasteiger partial charge >= 0.3 is 12.0 Å². The maximum Gasteiger partial charge on any atom is 0.317 e. The molecule has 0 radical (unpaired) electrons. The topological polar surface area (TPSA) is 69.6 Å². The quantitative estimate of drug-likeness (QED) is 0.801. The summed E-state index contributed by atoms with van der Waals surface area (Å²) in [7, 11) is 0. The van der Waals surface area contributed by atoms with Crippen molar-refractivity contribution >= 4 is 23.8 Å². The first kappa shape index (κ1) is 14.2. The Labute approximate surface area is 106 Å². The highest BCUT2D eigenvalue weighted by Crippen LogP contribution is 2.23. The van der Waals surface area contributed by atoms with E-state index in [0.29, 0.717) is 5.25 Å². The van der Waals surface area contributed by atoms with Gasteiger partial charge in [-0.15, -0.1) is 0 Å². The summed E-state index contributed by atoms with van der Waals surface area (Å²) in [6, 6.07) is 0.0339. The molecule has 17 heavy (non-hydrogen) atoms. The minimum atomic E-state index is -0.888. The lowest BCUT2D eigenvalue weighted by atomic mass is 10.2. The van der Waals surface area contributed by atoms with Crippen LogP contribution in [0.5, 0.6) is 0 Å². The van der Waals surface area contributed by atoms with E-state index < -0.39 is 11.9 Å². The molecule has 1 aliphatic heterocycles. The van der Waals surface area contributed by atoms with Gasteiger partial charge in [-0.2, -0.15) is 11.8 Å². The van der Waals surface area contributed by atoms with E-state index >= 15 is 0 Å². The summed E-state index contributed by atoms with van der Waals surface area (Å²) in [6.45, 7) is 6.62. The molecule has 0 aromatic rings. The van der Waals surface area contributed by atoms with E-state index in [0.717, 1.165) is 12.3 Å². The Bertz CT molecular complexity index is 298. The summed E-state index contributed by atoms with van der Waals surface area (Å²) in [5, 5.41) is 11.8. The maximum absolute atomic E-state index is 11.9. The fourth-order valence-corrected chi connectivity index (χ4v) is 2.75. The molecule has 1 heterocycles. The van der Waals surface area contributed by atoms with Crippen molar-refractivity contribution in [3.05, 3.63) is 0 Å². The van der Waals surface area contributed by atoms with E-state index in [9.17, 15) is 9.59 Å². The minimum Gasteiger partial charge on any atom is -0.481 e. The summed E-state index contributed by atoms with van der Waals surface area (Å²) in [5.41, 5.74) is 0. The number of hydrogen-bond donors (Lipinski definition) is 2. The molecule has 3 atom stereocenters. The van der Waals surface area contributed by atoms with Crippen molar-refractivity contribution in [2.75, 3.05) is 18.8 Å². The first-order valence-corrected chi connectivity index (χ1v) is 6.87. The van der Waals surface area contributed by atoms with Crippen LogP contribution < -0.4 is 5.32 Å². The number of nitrogens with one attached hydrogen (secondary N) is 1. The smallest absolute Gasteiger partial charge is 0.317 e. The van der Waals surface area contributed by atoms with Gasteiger partial charge in [-0.25, -0.2) is 4.79 Å². The van der Waals surface area contributed by atoms with E-state index in [1.54, 1.807) is 11.8 Å². The second-order valence-electron chi connectivity index (χ2n) is 4.44. The van der Waals surface area contributed by atoms with Crippen LogP contribution >= 0.6 is 11.8 Å². The number of carboxylic acid groups (broad SMARTS) is 1. The Morgan fingerprint density at radius 1 is 1.53 bits per heavy atom. The molecule has 3 unspecified atom stereocenters. The molecule has 1 aliphatic rings. The van der Waals surface area contributed by atoms with Crippen molar-refractivity contribution in [1.29, 1.82) is 0 Å². The highest BCUT2D eigenvalue weighted by Gasteiger charge is 2.29. The maximum atomic E-state index is 11.9. The number of carboxylic acids is 1. The van der Waals surface area contributed by atoms with Crippen LogP contribution in [0.25, 0.3) is 0 Å². The molecule has 1 rings (SSSR count). The van der Waals surface area contributed by atoms with Gasteiger partial charge in [0.05, 0.1) is 5.92 Å². The Kier molecular flexibility index (Phi) is 5.11. The van der Waals surface area contributed by atoms with Crippen LogP contribution in [0.1, 0.15) is 20.8 Å². The number of nitrogens with zero attached hydrogens (tertiary/aromatic N) is 1. The zero-order valence-corrected chi connectivity index (χ0v) is 11.3. The molecule has 0 aromatic carbocycles. The molecule has 0 aliphatic carbocycles. The van der Waals surface area contributed by atoms with Crippen LogP contribution in [0.2, 0.25) is 0 Å². The zero-order chi connectivity index (χ0) is 13.0. The molecule has 5 nitrogen and oxygen atoms in total. The number of carbonyl (C=O) groups excluding carboxylic acids is 1. The highest BCUT2D eigenvalue weighted by atomic mass is 32.2. The van der Waals surface area contributed by atoms with Gasteiger partial charge in [-0.3, -0.25) is 4.79 Å². The van der Waals surface area contributed by atoms with Gasteiger partial charge in [0.15, 0.2) is 0 Å². The number of carbonyl (C=O) groups is 2. The van der Waals surface area contributed by atoms with Crippen LogP contribution in [-0.4, -0.2) is 52.1 Å². The summed E-state index contributed by atoms with van der Waals surface area (Å²) in [5.74, 6) is -0.500. The molecule has 2 amide bonds. The average Bonchev–Trinajstić information content (AvgIpc) is 2.29. The summed E-state index contributed by atoms with van der Waals surface area (Å²) >= 11 is 1.86. The van der Waals surface area contributed by atoms with Gasteiger partial charge in [0.2, 0.25) is 0 Å². The number of amides is 2. The Hall–Kier alpha value is -0.910. The third-order valence-electron chi connectivity index (χ3n) is 3.13. The van der Waals surface area contributed by atoms with Gasteiger partial charge in [0.1, 0.15) is 0 Å². The number of rotatable bonds is 3. The minimum absolute atomic E-state index is 0.155. The summed E-state index contributed by atoms with van der Waals surface area (Å²) < 4.78 is 0. The molecule has 0 aromatic heterocycles. The second kappa shape index (κ2) is 6.14. The number of urea groups is 1. The Morgan fingerprint density at radius 3 is 2.76 bits per heavy atom. The molecular weight excluding hydrogens is 240 g/mol. The molecule has 1 fully saturated rings. The molecule has 2 N–H and O–H groups in total. The normalized spacial score (nSPS) is 26.4. The molecule has 6 heteroatoms. The molecule has 1 saturated heterocycles. The molecule has 98 valence electrons. The third kappa shape index (κ3) is 3.80. The number of aliphatic carboxylic acids is 1. The van der Waals surface area contributed by atoms with Crippen LogP contribution in [0.15, 0.2) is 0 Å². The first-order chi connectivity index (χ1) is 7.93. The highest BCUT2D eigenvalue weighted by molar-refractivity contribution is 8.00. The lowest BCUT2D eigenvalue weighted by molar-refractivity contribution is -0.140. The number of thioether (sulfide) groups is 1. The van der Waals surface area contributed by atoms with E-state index in [1.807, 2.05) is 18.7 Å². The Balaban J connectivity index is 2.44. The third-order valence-corrected chi connectivity index (χ3v) is 4.46. The van der Waals surface area contributed by atoms with E-state index in [1.165, 1.54) is 0 Å². The fraction of sp³-hybridized carbons (Fsp3) is 0.818. The zero-order valence-electron chi connectivity index (χ0n) is 10.5. The fourth-order valence-electron chi connectivity index (χ4n) is 1.65. The van der Waals surface area contributed by atoms with Crippen molar-refractivity contribution in [3.8, 4) is 0 Å². The second-order valence-corrected chi connectivity index (χ2v) is 5.92. The van der Waals surface area contributed by atoms with Gasteiger partial charge in [0, 0.05) is 30.1 Å². The molecule has 0 spiro atoms. The Morgan fingerprint density at radius 2 is 2.18 bits per heavy atom. The molecule has 0 saturated carbocycles. The number of hydrogen-bond acceptors (Lipinski definition) is 3. The average molecular weight is 260 g/mol. The lowest BCUT2D eigenvalue weighted by Gasteiger charge is -2.37. The van der Waals surface area contributed by atoms with Crippen molar-refractivity contribution in [2.45, 2.75) is 32.1 Å². The predicted octanol–water partition coefficient (Wildman–Crippen LogP) is 1.24. The lowest BCUT2D eigenvalue weighted by Crippen LogP contribution is -2.52. The van der Waals surface area contributed by atoms with Crippen LogP contribution in [0.3, 0.4) is 0 Å². The largest absolute Gasteiger partial charge is 0.481 e. The SMILES string of the molecule is CC(CNC(=O)N1CCSC(C)C1C)C(=O)O. The van der Waals surface area contributed by atoms with Crippen LogP contribution in [-0.2, 0) is 4.79 Å². The van der Waals surface area contributed by atoms with Gasteiger partial charge in [-0.1, -0.05) is 13.8 Å². The summed E-state index contributed by atoms with van der Waals surface area (Å²) in [4.78, 5) is 24.3. The van der Waals surface area contributed by atoms with Crippen molar-refractivity contribution < 1.29 is 14.7 Å². The predicted molar refractivity (Wildman–Crippen MR) is 68.3 cm³/mol. The van der Waals surface area contributed by atoms with E-state index in [4.69, 9.17) is 5.11 Å².